The Labute approximate surface area is 113 Å². The van der Waals surface area contributed by atoms with E-state index in [0.29, 0.717) is 16.1 Å². The van der Waals surface area contributed by atoms with E-state index in [4.69, 9.17) is 22.9 Å². The van der Waals surface area contributed by atoms with E-state index in [1.54, 1.807) is 10.9 Å². The first kappa shape index (κ1) is 11.7. The zero-order valence-corrected chi connectivity index (χ0v) is 10.9. The Hall–Kier alpha value is -2.34. The van der Waals surface area contributed by atoms with E-state index in [-0.39, 0.29) is 5.49 Å². The SMILES string of the molecule is Cc1ccc(Cl)cc1-n1ncc2c(=N)n(N)cnc21. The monoisotopic (exact) mass is 274 g/mol. The van der Waals surface area contributed by atoms with E-state index in [0.717, 1.165) is 15.9 Å². The summed E-state index contributed by atoms with van der Waals surface area (Å²) >= 11 is 6.02. The van der Waals surface area contributed by atoms with Gasteiger partial charge < -0.3 is 5.84 Å². The summed E-state index contributed by atoms with van der Waals surface area (Å²) in [5.74, 6) is 5.60. The molecule has 0 aliphatic heterocycles. The predicted octanol–water partition coefficient (Wildman–Crippen LogP) is 1.38. The van der Waals surface area contributed by atoms with Gasteiger partial charge in [0.15, 0.2) is 11.1 Å². The van der Waals surface area contributed by atoms with Gasteiger partial charge in [-0.15, -0.1) is 0 Å². The van der Waals surface area contributed by atoms with Gasteiger partial charge in [0.1, 0.15) is 6.33 Å². The molecule has 3 aromatic rings. The van der Waals surface area contributed by atoms with Crippen LogP contribution in [0.1, 0.15) is 5.56 Å². The van der Waals surface area contributed by atoms with Gasteiger partial charge in [-0.05, 0) is 24.6 Å². The number of aryl methyl sites for hydroxylation is 1. The van der Waals surface area contributed by atoms with Crippen molar-refractivity contribution >= 4 is 22.6 Å². The summed E-state index contributed by atoms with van der Waals surface area (Å²) in [6.07, 6.45) is 2.97. The van der Waals surface area contributed by atoms with Crippen LogP contribution in [0.5, 0.6) is 0 Å². The lowest BCUT2D eigenvalue weighted by atomic mass is 10.2. The molecule has 96 valence electrons. The molecule has 2 heterocycles. The van der Waals surface area contributed by atoms with E-state index in [1.165, 1.54) is 6.33 Å². The van der Waals surface area contributed by atoms with Crippen LogP contribution in [0.3, 0.4) is 0 Å². The van der Waals surface area contributed by atoms with Gasteiger partial charge in [0.25, 0.3) is 0 Å². The number of hydrogen-bond acceptors (Lipinski definition) is 4. The highest BCUT2D eigenvalue weighted by atomic mass is 35.5. The van der Waals surface area contributed by atoms with Crippen molar-refractivity contribution < 1.29 is 0 Å². The molecule has 19 heavy (non-hydrogen) atoms. The number of nitrogen functional groups attached to an aromatic ring is 1. The zero-order chi connectivity index (χ0) is 13.6. The predicted molar refractivity (Wildman–Crippen MR) is 72.6 cm³/mol. The summed E-state index contributed by atoms with van der Waals surface area (Å²) in [4.78, 5) is 4.22. The minimum Gasteiger partial charge on any atom is -0.336 e. The minimum atomic E-state index is 0.163. The number of nitrogens with zero attached hydrogens (tertiary/aromatic N) is 4. The fourth-order valence-electron chi connectivity index (χ4n) is 1.93. The molecule has 0 atom stereocenters. The minimum absolute atomic E-state index is 0.163. The summed E-state index contributed by atoms with van der Waals surface area (Å²) in [5.41, 5.74) is 2.60. The van der Waals surface area contributed by atoms with E-state index < -0.39 is 0 Å². The molecule has 0 aliphatic rings. The molecular formula is C12H11ClN6. The van der Waals surface area contributed by atoms with Crippen LogP contribution in [0.2, 0.25) is 5.02 Å². The summed E-state index contributed by atoms with van der Waals surface area (Å²) in [6, 6.07) is 5.56. The number of benzene rings is 1. The molecule has 3 rings (SSSR count). The molecule has 0 unspecified atom stereocenters. The summed E-state index contributed by atoms with van der Waals surface area (Å²) < 4.78 is 2.81. The van der Waals surface area contributed by atoms with E-state index in [9.17, 15) is 0 Å². The van der Waals surface area contributed by atoms with E-state index in [2.05, 4.69) is 10.1 Å². The molecule has 0 amide bonds. The molecule has 0 bridgehead atoms. The summed E-state index contributed by atoms with van der Waals surface area (Å²) in [6.45, 7) is 1.97. The van der Waals surface area contributed by atoms with E-state index in [1.807, 2.05) is 25.1 Å². The summed E-state index contributed by atoms with van der Waals surface area (Å²) in [5, 5.41) is 13.4. The lowest BCUT2D eigenvalue weighted by Gasteiger charge is -2.07. The van der Waals surface area contributed by atoms with Gasteiger partial charge in [-0.2, -0.15) is 5.10 Å². The first-order chi connectivity index (χ1) is 9.08. The summed E-state index contributed by atoms with van der Waals surface area (Å²) in [7, 11) is 0. The smallest absolute Gasteiger partial charge is 0.168 e. The number of hydrogen-bond donors (Lipinski definition) is 2. The largest absolute Gasteiger partial charge is 0.336 e. The molecular weight excluding hydrogens is 264 g/mol. The van der Waals surface area contributed by atoms with Crippen molar-refractivity contribution in [2.75, 3.05) is 5.84 Å². The van der Waals surface area contributed by atoms with Crippen LogP contribution in [0.4, 0.5) is 0 Å². The van der Waals surface area contributed by atoms with Crippen LogP contribution >= 0.6 is 11.6 Å². The molecule has 2 aromatic heterocycles. The van der Waals surface area contributed by atoms with Crippen LogP contribution in [-0.2, 0) is 0 Å². The van der Waals surface area contributed by atoms with Gasteiger partial charge in [-0.3, -0.25) is 5.41 Å². The van der Waals surface area contributed by atoms with Crippen molar-refractivity contribution in [3.05, 3.63) is 46.8 Å². The third kappa shape index (κ3) is 1.77. The highest BCUT2D eigenvalue weighted by Crippen LogP contribution is 2.21. The third-order valence-corrected chi connectivity index (χ3v) is 3.20. The quantitative estimate of drug-likeness (QED) is 0.657. The van der Waals surface area contributed by atoms with Gasteiger partial charge in [-0.1, -0.05) is 17.7 Å². The number of halogens is 1. The molecule has 7 heteroatoms. The average molecular weight is 275 g/mol. The number of nitrogens with two attached hydrogens (primary N) is 1. The molecule has 0 spiro atoms. The Balaban J connectivity index is 2.35. The zero-order valence-electron chi connectivity index (χ0n) is 10.1. The van der Waals surface area contributed by atoms with Gasteiger partial charge in [0.05, 0.1) is 17.3 Å². The van der Waals surface area contributed by atoms with Crippen LogP contribution < -0.4 is 11.3 Å². The number of rotatable bonds is 1. The van der Waals surface area contributed by atoms with Crippen molar-refractivity contribution in [3.63, 3.8) is 0 Å². The lowest BCUT2D eigenvalue weighted by molar-refractivity contribution is 0.849. The molecule has 6 nitrogen and oxygen atoms in total. The second kappa shape index (κ2) is 4.10. The molecule has 1 aromatic carbocycles. The highest BCUT2D eigenvalue weighted by Gasteiger charge is 2.11. The van der Waals surface area contributed by atoms with Crippen LogP contribution in [0.25, 0.3) is 16.7 Å². The maximum absolute atomic E-state index is 7.88. The highest BCUT2D eigenvalue weighted by molar-refractivity contribution is 6.30. The fraction of sp³-hybridized carbons (Fsp3) is 0.0833. The van der Waals surface area contributed by atoms with Gasteiger partial charge in [0, 0.05) is 5.02 Å². The standard InChI is InChI=1S/C12H11ClN6/c1-7-2-3-8(13)4-10(7)19-12-9(5-17-19)11(14)18(15)6-16-12/h2-6,14H,15H2,1H3. The van der Waals surface area contributed by atoms with Gasteiger partial charge in [0.2, 0.25) is 0 Å². The Morgan fingerprint density at radius 2 is 2.16 bits per heavy atom. The first-order valence-electron chi connectivity index (χ1n) is 5.59. The Morgan fingerprint density at radius 1 is 1.37 bits per heavy atom. The maximum atomic E-state index is 7.88. The normalized spacial score (nSPS) is 11.1. The molecule has 0 saturated carbocycles. The molecule has 0 radical (unpaired) electrons. The number of fused-ring (bicyclic) bond motifs is 1. The second-order valence-corrected chi connectivity index (χ2v) is 4.66. The van der Waals surface area contributed by atoms with Crippen molar-refractivity contribution in [1.82, 2.24) is 19.4 Å². The molecule has 0 aliphatic carbocycles. The Morgan fingerprint density at radius 3 is 2.95 bits per heavy atom. The lowest BCUT2D eigenvalue weighted by Crippen LogP contribution is -2.27. The van der Waals surface area contributed by atoms with Gasteiger partial charge in [-0.25, -0.2) is 14.3 Å². The third-order valence-electron chi connectivity index (χ3n) is 2.96. The van der Waals surface area contributed by atoms with Crippen molar-refractivity contribution in [2.45, 2.75) is 6.92 Å². The molecule has 0 saturated heterocycles. The van der Waals surface area contributed by atoms with Crippen LogP contribution in [-0.4, -0.2) is 19.4 Å². The first-order valence-corrected chi connectivity index (χ1v) is 5.97. The maximum Gasteiger partial charge on any atom is 0.168 e. The molecule has 3 N–H and O–H groups in total. The van der Waals surface area contributed by atoms with Crippen molar-refractivity contribution in [2.24, 2.45) is 0 Å². The molecule has 0 fully saturated rings. The Bertz CT molecular complexity index is 832. The fourth-order valence-corrected chi connectivity index (χ4v) is 2.10. The number of aromatic nitrogens is 4. The van der Waals surface area contributed by atoms with Crippen LogP contribution in [0.15, 0.2) is 30.7 Å². The average Bonchev–Trinajstić information content (AvgIpc) is 2.81. The van der Waals surface area contributed by atoms with Gasteiger partial charge >= 0.3 is 0 Å². The number of nitrogens with one attached hydrogen (secondary N) is 1. The van der Waals surface area contributed by atoms with Crippen molar-refractivity contribution in [3.8, 4) is 5.69 Å². The topological polar surface area (TPSA) is 85.5 Å². The van der Waals surface area contributed by atoms with E-state index >= 15 is 0 Å². The van der Waals surface area contributed by atoms with Crippen molar-refractivity contribution in [1.29, 1.82) is 5.41 Å². The van der Waals surface area contributed by atoms with Crippen LogP contribution in [0, 0.1) is 12.3 Å². The Kier molecular flexibility index (Phi) is 2.53. The second-order valence-electron chi connectivity index (χ2n) is 4.22.